The molecule has 0 aliphatic rings. The second-order valence-corrected chi connectivity index (χ2v) is 5.06. The van der Waals surface area contributed by atoms with Crippen LogP contribution in [0.2, 0.25) is 0 Å². The van der Waals surface area contributed by atoms with Crippen LogP contribution in [0, 0.1) is 6.92 Å². The molecule has 2 rings (SSSR count). The molecule has 0 bridgehead atoms. The minimum atomic E-state index is 0.633. The monoisotopic (exact) mass is 293 g/mol. The van der Waals surface area contributed by atoms with Gasteiger partial charge in [0.15, 0.2) is 0 Å². The SMILES string of the molecule is Cc1ccc(Br)cc1-c1cc(CCN)nn1C. The van der Waals surface area contributed by atoms with Crippen LogP contribution in [-0.4, -0.2) is 16.3 Å². The van der Waals surface area contributed by atoms with E-state index in [9.17, 15) is 0 Å². The molecular weight excluding hydrogens is 278 g/mol. The zero-order valence-electron chi connectivity index (χ0n) is 10.1. The van der Waals surface area contributed by atoms with E-state index < -0.39 is 0 Å². The number of hydrogen-bond donors (Lipinski definition) is 1. The van der Waals surface area contributed by atoms with Gasteiger partial charge in [-0.1, -0.05) is 22.0 Å². The molecule has 17 heavy (non-hydrogen) atoms. The number of nitrogens with zero attached hydrogens (tertiary/aromatic N) is 2. The number of nitrogens with two attached hydrogens (primary N) is 1. The first-order chi connectivity index (χ1) is 8.11. The van der Waals surface area contributed by atoms with Crippen molar-refractivity contribution in [3.63, 3.8) is 0 Å². The predicted molar refractivity (Wildman–Crippen MR) is 73.8 cm³/mol. The van der Waals surface area contributed by atoms with Crippen LogP contribution >= 0.6 is 15.9 Å². The summed E-state index contributed by atoms with van der Waals surface area (Å²) in [6, 6.07) is 8.39. The fourth-order valence-corrected chi connectivity index (χ4v) is 2.28. The highest BCUT2D eigenvalue weighted by atomic mass is 79.9. The molecule has 1 heterocycles. The molecule has 0 spiro atoms. The van der Waals surface area contributed by atoms with E-state index in [0.717, 1.165) is 22.3 Å². The molecule has 0 atom stereocenters. The highest BCUT2D eigenvalue weighted by molar-refractivity contribution is 9.10. The van der Waals surface area contributed by atoms with E-state index in [1.165, 1.54) is 11.1 Å². The molecule has 4 heteroatoms. The van der Waals surface area contributed by atoms with Crippen LogP contribution in [0.3, 0.4) is 0 Å². The molecule has 0 radical (unpaired) electrons. The maximum absolute atomic E-state index is 5.56. The third-order valence-corrected chi connectivity index (χ3v) is 3.30. The lowest BCUT2D eigenvalue weighted by atomic mass is 10.1. The maximum Gasteiger partial charge on any atom is 0.0684 e. The summed E-state index contributed by atoms with van der Waals surface area (Å²) in [5.74, 6) is 0. The zero-order valence-corrected chi connectivity index (χ0v) is 11.7. The van der Waals surface area contributed by atoms with Crippen LogP contribution in [0.1, 0.15) is 11.3 Å². The summed E-state index contributed by atoms with van der Waals surface area (Å²) < 4.78 is 3.00. The Morgan fingerprint density at radius 3 is 2.82 bits per heavy atom. The zero-order chi connectivity index (χ0) is 12.4. The number of aryl methyl sites for hydroxylation is 2. The summed E-state index contributed by atoms with van der Waals surface area (Å²) in [6.45, 7) is 2.74. The van der Waals surface area contributed by atoms with Crippen molar-refractivity contribution >= 4 is 15.9 Å². The molecule has 2 N–H and O–H groups in total. The molecule has 0 aliphatic carbocycles. The van der Waals surface area contributed by atoms with Crippen LogP contribution in [0.15, 0.2) is 28.7 Å². The normalized spacial score (nSPS) is 10.8. The van der Waals surface area contributed by atoms with Crippen molar-refractivity contribution in [2.24, 2.45) is 12.8 Å². The van der Waals surface area contributed by atoms with E-state index in [1.54, 1.807) is 0 Å². The van der Waals surface area contributed by atoms with Crippen molar-refractivity contribution < 1.29 is 0 Å². The lowest BCUT2D eigenvalue weighted by Gasteiger charge is -2.06. The summed E-state index contributed by atoms with van der Waals surface area (Å²) in [7, 11) is 1.97. The fraction of sp³-hybridized carbons (Fsp3) is 0.308. The summed E-state index contributed by atoms with van der Waals surface area (Å²) >= 11 is 3.51. The van der Waals surface area contributed by atoms with Crippen LogP contribution in [0.4, 0.5) is 0 Å². The Kier molecular flexibility index (Phi) is 3.64. The van der Waals surface area contributed by atoms with Crippen LogP contribution < -0.4 is 5.73 Å². The van der Waals surface area contributed by atoms with E-state index in [1.807, 2.05) is 11.7 Å². The van der Waals surface area contributed by atoms with E-state index >= 15 is 0 Å². The van der Waals surface area contributed by atoms with Crippen LogP contribution in [0.25, 0.3) is 11.3 Å². The van der Waals surface area contributed by atoms with E-state index in [4.69, 9.17) is 5.73 Å². The van der Waals surface area contributed by atoms with Crippen molar-refractivity contribution in [2.75, 3.05) is 6.54 Å². The van der Waals surface area contributed by atoms with Crippen molar-refractivity contribution in [3.8, 4) is 11.3 Å². The lowest BCUT2D eigenvalue weighted by Crippen LogP contribution is -2.03. The Morgan fingerprint density at radius 1 is 1.35 bits per heavy atom. The quantitative estimate of drug-likeness (QED) is 0.945. The Labute approximate surface area is 110 Å². The first kappa shape index (κ1) is 12.3. The Hall–Kier alpha value is -1.13. The first-order valence-electron chi connectivity index (χ1n) is 5.61. The third-order valence-electron chi connectivity index (χ3n) is 2.81. The van der Waals surface area contributed by atoms with Gasteiger partial charge in [0.1, 0.15) is 0 Å². The molecule has 0 unspecified atom stereocenters. The Morgan fingerprint density at radius 2 is 2.12 bits per heavy atom. The summed E-state index contributed by atoms with van der Waals surface area (Å²) in [6.07, 6.45) is 0.820. The number of halogens is 1. The van der Waals surface area contributed by atoms with Gasteiger partial charge in [0.25, 0.3) is 0 Å². The minimum Gasteiger partial charge on any atom is -0.330 e. The summed E-state index contributed by atoms with van der Waals surface area (Å²) in [5.41, 5.74) is 10.2. The van der Waals surface area contributed by atoms with E-state index in [2.05, 4.69) is 52.2 Å². The molecule has 0 aliphatic heterocycles. The van der Waals surface area contributed by atoms with Crippen LogP contribution in [0.5, 0.6) is 0 Å². The van der Waals surface area contributed by atoms with E-state index in [-0.39, 0.29) is 0 Å². The fourth-order valence-electron chi connectivity index (χ4n) is 1.92. The van der Waals surface area contributed by atoms with Gasteiger partial charge < -0.3 is 5.73 Å². The molecule has 1 aromatic carbocycles. The molecule has 90 valence electrons. The highest BCUT2D eigenvalue weighted by Crippen LogP contribution is 2.27. The highest BCUT2D eigenvalue weighted by Gasteiger charge is 2.09. The summed E-state index contributed by atoms with van der Waals surface area (Å²) in [4.78, 5) is 0. The maximum atomic E-state index is 5.56. The Bertz CT molecular complexity index is 531. The lowest BCUT2D eigenvalue weighted by molar-refractivity contribution is 0.745. The smallest absolute Gasteiger partial charge is 0.0684 e. The average molecular weight is 294 g/mol. The molecule has 0 amide bonds. The number of rotatable bonds is 3. The molecule has 0 saturated carbocycles. The number of hydrogen-bond acceptors (Lipinski definition) is 2. The minimum absolute atomic E-state index is 0.633. The van der Waals surface area contributed by atoms with Crippen molar-refractivity contribution in [2.45, 2.75) is 13.3 Å². The Balaban J connectivity index is 2.48. The van der Waals surface area contributed by atoms with Crippen molar-refractivity contribution in [1.82, 2.24) is 9.78 Å². The standard InChI is InChI=1S/C13H16BrN3/c1-9-3-4-10(14)7-12(9)13-8-11(5-6-15)16-17(13)2/h3-4,7-8H,5-6,15H2,1-2H3. The average Bonchev–Trinajstić information content (AvgIpc) is 2.64. The third kappa shape index (κ3) is 2.58. The van der Waals surface area contributed by atoms with Gasteiger partial charge in [-0.15, -0.1) is 0 Å². The van der Waals surface area contributed by atoms with Gasteiger partial charge in [-0.05, 0) is 37.2 Å². The van der Waals surface area contributed by atoms with E-state index in [0.29, 0.717) is 6.54 Å². The topological polar surface area (TPSA) is 43.8 Å². The van der Waals surface area contributed by atoms with Gasteiger partial charge in [0.2, 0.25) is 0 Å². The largest absolute Gasteiger partial charge is 0.330 e. The van der Waals surface area contributed by atoms with Gasteiger partial charge in [0.05, 0.1) is 11.4 Å². The summed E-state index contributed by atoms with van der Waals surface area (Å²) in [5, 5.41) is 4.47. The van der Waals surface area contributed by atoms with Gasteiger partial charge in [-0.2, -0.15) is 5.10 Å². The van der Waals surface area contributed by atoms with Gasteiger partial charge >= 0.3 is 0 Å². The van der Waals surface area contributed by atoms with Crippen molar-refractivity contribution in [3.05, 3.63) is 40.0 Å². The predicted octanol–water partition coefficient (Wildman–Crippen LogP) is 2.66. The molecule has 0 saturated heterocycles. The number of benzene rings is 1. The molecule has 2 aromatic rings. The second-order valence-electron chi connectivity index (χ2n) is 4.14. The van der Waals surface area contributed by atoms with Gasteiger partial charge in [-0.3, -0.25) is 4.68 Å². The molecular formula is C13H16BrN3. The van der Waals surface area contributed by atoms with Crippen molar-refractivity contribution in [1.29, 1.82) is 0 Å². The number of aromatic nitrogens is 2. The van der Waals surface area contributed by atoms with Gasteiger partial charge in [-0.25, -0.2) is 0 Å². The van der Waals surface area contributed by atoms with Crippen LogP contribution in [-0.2, 0) is 13.5 Å². The molecule has 1 aromatic heterocycles. The first-order valence-corrected chi connectivity index (χ1v) is 6.40. The van der Waals surface area contributed by atoms with Gasteiger partial charge in [0, 0.05) is 23.5 Å². The second kappa shape index (κ2) is 5.02. The molecule has 3 nitrogen and oxygen atoms in total. The molecule has 0 fully saturated rings.